The van der Waals surface area contributed by atoms with E-state index in [0.29, 0.717) is 6.42 Å². The molecule has 2 N–H and O–H groups in total. The van der Waals surface area contributed by atoms with E-state index in [0.717, 1.165) is 15.8 Å². The van der Waals surface area contributed by atoms with E-state index >= 15 is 0 Å². The Labute approximate surface area is 119 Å². The predicted octanol–water partition coefficient (Wildman–Crippen LogP) is 2.82. The molecule has 2 aromatic rings. The molecule has 3 rings (SSSR count). The second-order valence-corrected chi connectivity index (χ2v) is 5.26. The number of halogens is 1. The van der Waals surface area contributed by atoms with Crippen molar-refractivity contribution in [3.63, 3.8) is 0 Å². The third-order valence-corrected chi connectivity index (χ3v) is 3.75. The fourth-order valence-electron chi connectivity index (χ4n) is 2.15. The van der Waals surface area contributed by atoms with E-state index in [1.54, 1.807) is 18.5 Å². The molecule has 0 radical (unpaired) electrons. The molecule has 2 heterocycles. The number of carbonyl (C=O) groups excluding carboxylic acids is 1. The van der Waals surface area contributed by atoms with Crippen molar-refractivity contribution in [3.05, 3.63) is 52.8 Å². The van der Waals surface area contributed by atoms with Crippen LogP contribution in [0.15, 0.2) is 47.2 Å². The molecule has 0 fully saturated rings. The number of fused-ring (bicyclic) bond motifs is 1. The van der Waals surface area contributed by atoms with Crippen molar-refractivity contribution < 1.29 is 4.79 Å². The summed E-state index contributed by atoms with van der Waals surface area (Å²) in [5.41, 5.74) is 2.95. The molecule has 1 aromatic carbocycles. The van der Waals surface area contributed by atoms with E-state index in [9.17, 15) is 4.79 Å². The number of hydrogen-bond acceptors (Lipinski definition) is 3. The van der Waals surface area contributed by atoms with E-state index in [1.165, 1.54) is 5.56 Å². The molecule has 0 unspecified atom stereocenters. The van der Waals surface area contributed by atoms with Crippen LogP contribution >= 0.6 is 15.9 Å². The smallest absolute Gasteiger partial charge is 0.247 e. The highest BCUT2D eigenvalue weighted by Gasteiger charge is 2.26. The first-order chi connectivity index (χ1) is 9.24. The van der Waals surface area contributed by atoms with Gasteiger partial charge in [0.25, 0.3) is 0 Å². The summed E-state index contributed by atoms with van der Waals surface area (Å²) in [5.74, 6) is -0.0388. The fourth-order valence-corrected chi connectivity index (χ4v) is 2.50. The van der Waals surface area contributed by atoms with Crippen LogP contribution in [-0.2, 0) is 11.2 Å². The van der Waals surface area contributed by atoms with Crippen LogP contribution in [0.1, 0.15) is 5.56 Å². The van der Waals surface area contributed by atoms with Crippen molar-refractivity contribution in [1.82, 2.24) is 4.98 Å². The minimum absolute atomic E-state index is 0.0388. The molecule has 19 heavy (non-hydrogen) atoms. The lowest BCUT2D eigenvalue weighted by Gasteiger charge is -2.12. The average molecular weight is 318 g/mol. The lowest BCUT2D eigenvalue weighted by atomic mass is 10.1. The Bertz CT molecular complexity index is 605. The minimum Gasteiger partial charge on any atom is -0.373 e. The molecule has 4 nitrogen and oxygen atoms in total. The topological polar surface area (TPSA) is 54.0 Å². The quantitative estimate of drug-likeness (QED) is 0.895. The van der Waals surface area contributed by atoms with Gasteiger partial charge in [0.15, 0.2) is 0 Å². The van der Waals surface area contributed by atoms with Gasteiger partial charge in [-0.1, -0.05) is 18.2 Å². The maximum absolute atomic E-state index is 12.2. The van der Waals surface area contributed by atoms with Gasteiger partial charge in [0, 0.05) is 24.5 Å². The number of anilines is 2. The molecule has 1 aromatic heterocycles. The number of hydrogen-bond donors (Lipinski definition) is 2. The maximum atomic E-state index is 12.2. The number of nitrogens with zero attached hydrogens (tertiary/aromatic N) is 1. The van der Waals surface area contributed by atoms with Crippen molar-refractivity contribution in [2.45, 2.75) is 12.5 Å². The van der Waals surface area contributed by atoms with E-state index in [2.05, 4.69) is 31.5 Å². The summed E-state index contributed by atoms with van der Waals surface area (Å²) < 4.78 is 0.777. The van der Waals surface area contributed by atoms with Crippen molar-refractivity contribution in [1.29, 1.82) is 0 Å². The van der Waals surface area contributed by atoms with Gasteiger partial charge < -0.3 is 10.6 Å². The average Bonchev–Trinajstić information content (AvgIpc) is 2.85. The molecular formula is C14H12BrN3O. The molecule has 5 heteroatoms. The number of benzene rings is 1. The fraction of sp³-hybridized carbons (Fsp3) is 0.143. The number of nitrogens with one attached hydrogen (secondary N) is 2. The lowest BCUT2D eigenvalue weighted by Crippen LogP contribution is -2.32. The van der Waals surface area contributed by atoms with Gasteiger partial charge in [-0.15, -0.1) is 0 Å². The summed E-state index contributed by atoms with van der Waals surface area (Å²) in [6.07, 6.45) is 4.02. The molecular weight excluding hydrogens is 306 g/mol. The molecule has 96 valence electrons. The van der Waals surface area contributed by atoms with Gasteiger partial charge in [0.2, 0.25) is 5.91 Å². The van der Waals surface area contributed by atoms with Crippen LogP contribution in [0.4, 0.5) is 11.4 Å². The Morgan fingerprint density at radius 2 is 2.21 bits per heavy atom. The highest BCUT2D eigenvalue weighted by molar-refractivity contribution is 9.10. The highest BCUT2D eigenvalue weighted by atomic mass is 79.9. The molecule has 0 bridgehead atoms. The van der Waals surface area contributed by atoms with Crippen LogP contribution in [0, 0.1) is 0 Å². The van der Waals surface area contributed by atoms with Gasteiger partial charge in [0.05, 0.1) is 10.2 Å². The van der Waals surface area contributed by atoms with E-state index < -0.39 is 0 Å². The molecule has 0 aliphatic carbocycles. The van der Waals surface area contributed by atoms with Gasteiger partial charge in [-0.05, 0) is 33.6 Å². The number of amides is 1. The first-order valence-corrected chi connectivity index (χ1v) is 6.78. The van der Waals surface area contributed by atoms with Gasteiger partial charge in [0.1, 0.15) is 6.04 Å². The summed E-state index contributed by atoms with van der Waals surface area (Å²) >= 11 is 3.36. The van der Waals surface area contributed by atoms with Crippen molar-refractivity contribution >= 4 is 33.2 Å². The summed E-state index contributed by atoms with van der Waals surface area (Å²) in [5, 5.41) is 6.13. The molecule has 0 spiro atoms. The molecule has 0 saturated carbocycles. The summed E-state index contributed by atoms with van der Waals surface area (Å²) in [6, 6.07) is 9.52. The SMILES string of the molecule is O=C(Nc1ccncc1Br)[C@@H]1Cc2ccccc2N1. The van der Waals surface area contributed by atoms with Gasteiger partial charge in [-0.25, -0.2) is 0 Å². The Morgan fingerprint density at radius 1 is 1.37 bits per heavy atom. The van der Waals surface area contributed by atoms with Crippen LogP contribution < -0.4 is 10.6 Å². The molecule has 0 saturated heterocycles. The van der Waals surface area contributed by atoms with E-state index in [1.807, 2.05) is 24.3 Å². The maximum Gasteiger partial charge on any atom is 0.247 e. The zero-order chi connectivity index (χ0) is 13.2. The molecule has 1 aliphatic heterocycles. The Balaban J connectivity index is 1.72. The first-order valence-electron chi connectivity index (χ1n) is 5.99. The third kappa shape index (κ3) is 2.46. The second-order valence-electron chi connectivity index (χ2n) is 4.40. The van der Waals surface area contributed by atoms with Crippen LogP contribution in [-0.4, -0.2) is 16.9 Å². The Morgan fingerprint density at radius 3 is 3.00 bits per heavy atom. The standard InChI is InChI=1S/C14H12BrN3O/c15-10-8-16-6-5-12(10)18-14(19)13-7-9-3-1-2-4-11(9)17-13/h1-6,8,13,17H,7H2,(H,16,18,19)/t13-/m0/s1. The Kier molecular flexibility index (Phi) is 3.21. The van der Waals surface area contributed by atoms with Gasteiger partial charge >= 0.3 is 0 Å². The largest absolute Gasteiger partial charge is 0.373 e. The summed E-state index contributed by atoms with van der Waals surface area (Å²) in [7, 11) is 0. The van der Waals surface area contributed by atoms with Crippen LogP contribution in [0.25, 0.3) is 0 Å². The number of rotatable bonds is 2. The van der Waals surface area contributed by atoms with Crippen LogP contribution in [0.2, 0.25) is 0 Å². The third-order valence-electron chi connectivity index (χ3n) is 3.12. The monoisotopic (exact) mass is 317 g/mol. The summed E-state index contributed by atoms with van der Waals surface area (Å²) in [4.78, 5) is 16.2. The lowest BCUT2D eigenvalue weighted by molar-refractivity contribution is -0.116. The number of pyridine rings is 1. The molecule has 1 aliphatic rings. The van der Waals surface area contributed by atoms with Crippen LogP contribution in [0.5, 0.6) is 0 Å². The minimum atomic E-state index is -0.225. The predicted molar refractivity (Wildman–Crippen MR) is 78.1 cm³/mol. The number of para-hydroxylation sites is 1. The zero-order valence-electron chi connectivity index (χ0n) is 10.1. The van der Waals surface area contributed by atoms with E-state index in [4.69, 9.17) is 0 Å². The van der Waals surface area contributed by atoms with Gasteiger partial charge in [-0.3, -0.25) is 9.78 Å². The van der Waals surface area contributed by atoms with Crippen molar-refractivity contribution in [2.75, 3.05) is 10.6 Å². The van der Waals surface area contributed by atoms with E-state index in [-0.39, 0.29) is 11.9 Å². The van der Waals surface area contributed by atoms with Crippen LogP contribution in [0.3, 0.4) is 0 Å². The second kappa shape index (κ2) is 5.01. The normalized spacial score (nSPS) is 16.6. The number of carbonyl (C=O) groups is 1. The van der Waals surface area contributed by atoms with Crippen molar-refractivity contribution in [3.8, 4) is 0 Å². The molecule has 1 amide bonds. The van der Waals surface area contributed by atoms with Crippen molar-refractivity contribution in [2.24, 2.45) is 0 Å². The Hall–Kier alpha value is -1.88. The highest BCUT2D eigenvalue weighted by Crippen LogP contribution is 2.26. The molecule has 1 atom stereocenters. The zero-order valence-corrected chi connectivity index (χ0v) is 11.6. The first kappa shape index (κ1) is 12.2. The van der Waals surface area contributed by atoms with Gasteiger partial charge in [-0.2, -0.15) is 0 Å². The summed E-state index contributed by atoms with van der Waals surface area (Å²) in [6.45, 7) is 0. The number of aromatic nitrogens is 1.